The molecule has 23 heavy (non-hydrogen) atoms. The molecule has 0 aromatic heterocycles. The van der Waals surface area contributed by atoms with Crippen molar-refractivity contribution in [2.75, 3.05) is 13.1 Å². The summed E-state index contributed by atoms with van der Waals surface area (Å²) >= 11 is 0. The minimum Gasteiger partial charge on any atom is -0.347 e. The number of carbonyl (C=O) groups excluding carboxylic acids is 2. The van der Waals surface area contributed by atoms with Crippen LogP contribution in [0.3, 0.4) is 0 Å². The fraction of sp³-hybridized carbons (Fsp3) is 0.278. The molecule has 2 N–H and O–H groups in total. The highest BCUT2D eigenvalue weighted by atomic mass is 16.2. The van der Waals surface area contributed by atoms with Crippen LogP contribution in [-0.4, -0.2) is 31.1 Å². The van der Waals surface area contributed by atoms with Gasteiger partial charge in [0.2, 0.25) is 0 Å². The van der Waals surface area contributed by atoms with Crippen LogP contribution in [0.1, 0.15) is 20.3 Å². The molecule has 0 unspecified atom stereocenters. The van der Waals surface area contributed by atoms with E-state index in [1.807, 2.05) is 26.0 Å². The van der Waals surface area contributed by atoms with Gasteiger partial charge in [-0.3, -0.25) is 14.6 Å². The van der Waals surface area contributed by atoms with Crippen molar-refractivity contribution in [3.63, 3.8) is 0 Å². The molecule has 0 aliphatic carbocycles. The minimum absolute atomic E-state index is 0.287. The van der Waals surface area contributed by atoms with Gasteiger partial charge in [0.25, 0.3) is 0 Å². The topological polar surface area (TPSA) is 70.6 Å². The second-order valence-electron chi connectivity index (χ2n) is 4.43. The summed E-state index contributed by atoms with van der Waals surface area (Å²) in [5.41, 5.74) is 1.67. The van der Waals surface area contributed by atoms with Crippen LogP contribution in [0.5, 0.6) is 0 Å². The number of allylic oxidation sites excluding steroid dienone is 5. The van der Waals surface area contributed by atoms with Crippen molar-refractivity contribution in [1.82, 2.24) is 10.6 Å². The number of rotatable bonds is 9. The molecular formula is C18H25N3O2. The Hall–Kier alpha value is -2.69. The van der Waals surface area contributed by atoms with E-state index in [1.54, 1.807) is 30.5 Å². The summed E-state index contributed by atoms with van der Waals surface area (Å²) in [6.07, 6.45) is 12.7. The van der Waals surface area contributed by atoms with E-state index in [-0.39, 0.29) is 6.54 Å². The Labute approximate surface area is 138 Å². The zero-order valence-corrected chi connectivity index (χ0v) is 13.8. The number of amides is 2. The summed E-state index contributed by atoms with van der Waals surface area (Å²) in [5.74, 6) is -1.32. The van der Waals surface area contributed by atoms with Crippen LogP contribution in [0.25, 0.3) is 0 Å². The highest BCUT2D eigenvalue weighted by molar-refractivity contribution is 6.35. The lowest BCUT2D eigenvalue weighted by molar-refractivity contribution is -0.139. The second-order valence-corrected chi connectivity index (χ2v) is 4.43. The summed E-state index contributed by atoms with van der Waals surface area (Å²) in [6.45, 7) is 11.5. The summed E-state index contributed by atoms with van der Waals surface area (Å²) < 4.78 is 0. The first-order valence-electron chi connectivity index (χ1n) is 7.39. The summed E-state index contributed by atoms with van der Waals surface area (Å²) in [6, 6.07) is 0. The molecule has 0 heterocycles. The first-order chi connectivity index (χ1) is 11.1. The Bertz CT molecular complexity index is 540. The summed E-state index contributed by atoms with van der Waals surface area (Å²) in [4.78, 5) is 27.6. The minimum atomic E-state index is -0.662. The van der Waals surface area contributed by atoms with Gasteiger partial charge in [-0.15, -0.1) is 0 Å². The zero-order valence-electron chi connectivity index (χ0n) is 13.8. The summed E-state index contributed by atoms with van der Waals surface area (Å²) in [7, 11) is 0. The molecule has 0 rings (SSSR count). The number of aliphatic imine (C=N–C) groups is 1. The van der Waals surface area contributed by atoms with E-state index in [0.29, 0.717) is 13.0 Å². The molecule has 0 saturated carbocycles. The molecular weight excluding hydrogens is 290 g/mol. The Kier molecular flexibility index (Phi) is 11.5. The third kappa shape index (κ3) is 9.79. The van der Waals surface area contributed by atoms with Gasteiger partial charge in [0, 0.05) is 31.4 Å². The smallest absolute Gasteiger partial charge is 0.309 e. The third-order valence-electron chi connectivity index (χ3n) is 2.75. The van der Waals surface area contributed by atoms with Crippen molar-refractivity contribution in [1.29, 1.82) is 0 Å². The molecule has 0 aromatic rings. The number of carbonyl (C=O) groups is 2. The molecule has 0 aromatic carbocycles. The van der Waals surface area contributed by atoms with Crippen molar-refractivity contribution < 1.29 is 9.59 Å². The normalized spacial score (nSPS) is 12.4. The van der Waals surface area contributed by atoms with Crippen LogP contribution in [0.15, 0.2) is 65.9 Å². The highest BCUT2D eigenvalue weighted by Gasteiger charge is 2.12. The lowest BCUT2D eigenvalue weighted by Gasteiger charge is -2.07. The number of hydrogen-bond donors (Lipinski definition) is 2. The Morgan fingerprint density at radius 3 is 2.35 bits per heavy atom. The van der Waals surface area contributed by atoms with Gasteiger partial charge in [0.05, 0.1) is 0 Å². The van der Waals surface area contributed by atoms with Crippen molar-refractivity contribution in [2.24, 2.45) is 4.99 Å². The molecule has 0 radical (unpaired) electrons. The molecule has 0 bridgehead atoms. The fourth-order valence-electron chi connectivity index (χ4n) is 1.59. The number of nitrogens with zero attached hydrogens (tertiary/aromatic N) is 1. The van der Waals surface area contributed by atoms with Gasteiger partial charge in [-0.25, -0.2) is 0 Å². The van der Waals surface area contributed by atoms with Crippen LogP contribution in [0.4, 0.5) is 0 Å². The fourth-order valence-corrected chi connectivity index (χ4v) is 1.59. The molecule has 5 heteroatoms. The predicted octanol–water partition coefficient (Wildman–Crippen LogP) is 2.46. The average molecular weight is 315 g/mol. The van der Waals surface area contributed by atoms with Crippen LogP contribution < -0.4 is 10.6 Å². The van der Waals surface area contributed by atoms with Gasteiger partial charge in [-0.1, -0.05) is 43.5 Å². The first kappa shape index (κ1) is 20.3. The Balaban J connectivity index is 4.28. The van der Waals surface area contributed by atoms with Crippen molar-refractivity contribution in [3.8, 4) is 0 Å². The van der Waals surface area contributed by atoms with Gasteiger partial charge in [0.15, 0.2) is 0 Å². The van der Waals surface area contributed by atoms with E-state index < -0.39 is 11.8 Å². The molecule has 0 fully saturated rings. The van der Waals surface area contributed by atoms with E-state index in [4.69, 9.17) is 0 Å². The highest BCUT2D eigenvalue weighted by Crippen LogP contribution is 2.01. The van der Waals surface area contributed by atoms with Crippen molar-refractivity contribution in [2.45, 2.75) is 20.3 Å². The van der Waals surface area contributed by atoms with Gasteiger partial charge < -0.3 is 10.6 Å². The maximum Gasteiger partial charge on any atom is 0.309 e. The van der Waals surface area contributed by atoms with Gasteiger partial charge in [-0.2, -0.15) is 0 Å². The average Bonchev–Trinajstić information content (AvgIpc) is 2.55. The monoisotopic (exact) mass is 315 g/mol. The third-order valence-corrected chi connectivity index (χ3v) is 2.75. The van der Waals surface area contributed by atoms with Gasteiger partial charge in [0.1, 0.15) is 0 Å². The number of nitrogens with one attached hydrogen (secondary N) is 2. The second kappa shape index (κ2) is 13.0. The van der Waals surface area contributed by atoms with Crippen LogP contribution in [0, 0.1) is 0 Å². The van der Waals surface area contributed by atoms with E-state index in [9.17, 15) is 9.59 Å². The molecule has 5 nitrogen and oxygen atoms in total. The van der Waals surface area contributed by atoms with Crippen LogP contribution in [-0.2, 0) is 9.59 Å². The lowest BCUT2D eigenvalue weighted by atomic mass is 10.2. The van der Waals surface area contributed by atoms with E-state index in [1.165, 1.54) is 0 Å². The Morgan fingerprint density at radius 2 is 1.78 bits per heavy atom. The maximum atomic E-state index is 11.7. The van der Waals surface area contributed by atoms with Crippen LogP contribution >= 0.6 is 0 Å². The predicted molar refractivity (Wildman–Crippen MR) is 96.2 cm³/mol. The zero-order chi connectivity index (χ0) is 17.5. The maximum absolute atomic E-state index is 11.7. The molecule has 124 valence electrons. The molecule has 0 spiro atoms. The van der Waals surface area contributed by atoms with E-state index in [0.717, 1.165) is 11.3 Å². The Morgan fingerprint density at radius 1 is 1.09 bits per heavy atom. The number of hydrogen-bond acceptors (Lipinski definition) is 3. The lowest BCUT2D eigenvalue weighted by Crippen LogP contribution is -2.40. The van der Waals surface area contributed by atoms with E-state index in [2.05, 4.69) is 28.8 Å². The van der Waals surface area contributed by atoms with Gasteiger partial charge >= 0.3 is 11.8 Å². The van der Waals surface area contributed by atoms with Crippen molar-refractivity contribution in [3.05, 3.63) is 60.9 Å². The molecule has 0 atom stereocenters. The molecule has 0 aliphatic heterocycles. The van der Waals surface area contributed by atoms with E-state index >= 15 is 0 Å². The quantitative estimate of drug-likeness (QED) is 0.390. The van der Waals surface area contributed by atoms with Gasteiger partial charge in [-0.05, 0) is 25.5 Å². The SMILES string of the molecule is C=C/C=C\C(=C/C)CNC(=O)C(=O)NCC/C(=C/C=C)N=CC. The molecule has 2 amide bonds. The largest absolute Gasteiger partial charge is 0.347 e. The van der Waals surface area contributed by atoms with Crippen LogP contribution in [0.2, 0.25) is 0 Å². The summed E-state index contributed by atoms with van der Waals surface area (Å²) in [5, 5.41) is 5.13. The standard InChI is InChI=1S/C18H25N3O2/c1-5-9-11-15(7-3)14-21-18(23)17(22)20-13-12-16(10-6-2)19-8-4/h5-11H,1-2,12-14H2,3-4H3,(H,20,22)(H,21,23)/b11-9-,15-7+,16-10-,19-8?. The van der Waals surface area contributed by atoms with Crippen molar-refractivity contribution >= 4 is 18.0 Å². The molecule has 0 saturated heterocycles. The first-order valence-corrected chi connectivity index (χ1v) is 7.39. The molecule has 0 aliphatic rings.